The highest BCUT2D eigenvalue weighted by molar-refractivity contribution is 7.88. The van der Waals surface area contributed by atoms with Crippen LogP contribution >= 0.6 is 0 Å². The molecule has 2 atom stereocenters. The summed E-state index contributed by atoms with van der Waals surface area (Å²) in [5.74, 6) is -0.979. The number of hydrogen-bond donors (Lipinski definition) is 1. The fraction of sp³-hybridized carbons (Fsp3) is 0.533. The molecule has 0 bridgehead atoms. The van der Waals surface area contributed by atoms with E-state index in [9.17, 15) is 13.2 Å². The number of carboxylic acids is 1. The number of rotatable bonds is 5. The Balaban J connectivity index is 2.16. The molecule has 0 radical (unpaired) electrons. The first-order chi connectivity index (χ1) is 10.3. The van der Waals surface area contributed by atoms with Crippen LogP contribution in [0.1, 0.15) is 18.9 Å². The molecule has 1 fully saturated rings. The topological polar surface area (TPSA) is 77.9 Å². The summed E-state index contributed by atoms with van der Waals surface area (Å²) in [6.07, 6.45) is 0.965. The monoisotopic (exact) mass is 326 g/mol. The van der Waals surface area contributed by atoms with Gasteiger partial charge >= 0.3 is 5.97 Å². The molecule has 1 aliphatic rings. The lowest BCUT2D eigenvalue weighted by atomic mass is 10.1. The van der Waals surface area contributed by atoms with E-state index in [0.717, 1.165) is 11.8 Å². The molecule has 1 N–H and O–H groups in total. The number of carbonyl (C=O) groups is 1. The Morgan fingerprint density at radius 1 is 1.27 bits per heavy atom. The van der Waals surface area contributed by atoms with Crippen LogP contribution in [0.5, 0.6) is 0 Å². The number of sulfonamides is 1. The number of aliphatic carboxylic acids is 1. The van der Waals surface area contributed by atoms with Crippen LogP contribution < -0.4 is 0 Å². The van der Waals surface area contributed by atoms with Crippen molar-refractivity contribution in [2.45, 2.75) is 32.0 Å². The van der Waals surface area contributed by atoms with Gasteiger partial charge in [0.25, 0.3) is 0 Å². The molecule has 6 nitrogen and oxygen atoms in total. The summed E-state index contributed by atoms with van der Waals surface area (Å²) in [7, 11) is -3.41. The van der Waals surface area contributed by atoms with Gasteiger partial charge < -0.3 is 5.11 Å². The predicted octanol–water partition coefficient (Wildman–Crippen LogP) is 0.996. The predicted molar refractivity (Wildman–Crippen MR) is 83.9 cm³/mol. The standard InChI is InChI=1S/C15H22N2O4S/c1-12-9-17(22(2,20)21)14(8-15(18)19)11-16(12)10-13-6-4-3-5-7-13/h3-7,12,14H,8-11H2,1-2H3,(H,18,19). The van der Waals surface area contributed by atoms with E-state index in [1.165, 1.54) is 4.31 Å². The molecular formula is C15H22N2O4S. The van der Waals surface area contributed by atoms with Gasteiger partial charge in [0.05, 0.1) is 12.7 Å². The SMILES string of the molecule is CC1CN(S(C)(=O)=O)C(CC(=O)O)CN1Cc1ccccc1. The minimum absolute atomic E-state index is 0.0416. The van der Waals surface area contributed by atoms with E-state index in [4.69, 9.17) is 5.11 Å². The molecule has 2 rings (SSSR count). The highest BCUT2D eigenvalue weighted by Crippen LogP contribution is 2.22. The molecule has 1 aromatic carbocycles. The van der Waals surface area contributed by atoms with Gasteiger partial charge in [-0.25, -0.2) is 8.42 Å². The molecule has 0 amide bonds. The Labute approximate surface area is 131 Å². The fourth-order valence-electron chi connectivity index (χ4n) is 2.88. The van der Waals surface area contributed by atoms with Gasteiger partial charge in [0.15, 0.2) is 0 Å². The van der Waals surface area contributed by atoms with Crippen LogP contribution in [-0.4, -0.2) is 60.1 Å². The lowest BCUT2D eigenvalue weighted by Crippen LogP contribution is -2.58. The average Bonchev–Trinajstić information content (AvgIpc) is 2.41. The van der Waals surface area contributed by atoms with Crippen LogP contribution in [0.4, 0.5) is 0 Å². The van der Waals surface area contributed by atoms with Gasteiger partial charge in [-0.3, -0.25) is 9.69 Å². The summed E-state index contributed by atoms with van der Waals surface area (Å²) < 4.78 is 25.1. The molecular weight excluding hydrogens is 304 g/mol. The van der Waals surface area contributed by atoms with E-state index in [2.05, 4.69) is 4.90 Å². The number of carboxylic acid groups (broad SMARTS) is 1. The first-order valence-corrected chi connectivity index (χ1v) is 9.09. The normalized spacial score (nSPS) is 24.3. The minimum atomic E-state index is -3.41. The second-order valence-corrected chi connectivity index (χ2v) is 7.78. The molecule has 0 saturated carbocycles. The number of nitrogens with zero attached hydrogens (tertiary/aromatic N) is 2. The van der Waals surface area contributed by atoms with E-state index in [-0.39, 0.29) is 12.5 Å². The Hall–Kier alpha value is -1.44. The molecule has 0 spiro atoms. The van der Waals surface area contributed by atoms with Crippen molar-refractivity contribution in [2.75, 3.05) is 19.3 Å². The van der Waals surface area contributed by atoms with Gasteiger partial charge in [-0.2, -0.15) is 4.31 Å². The maximum absolute atomic E-state index is 11.9. The molecule has 122 valence electrons. The second-order valence-electron chi connectivity index (χ2n) is 5.85. The summed E-state index contributed by atoms with van der Waals surface area (Å²) >= 11 is 0. The van der Waals surface area contributed by atoms with Crippen molar-refractivity contribution >= 4 is 16.0 Å². The van der Waals surface area contributed by atoms with E-state index < -0.39 is 22.0 Å². The smallest absolute Gasteiger partial charge is 0.305 e. The first-order valence-electron chi connectivity index (χ1n) is 7.24. The van der Waals surface area contributed by atoms with Crippen molar-refractivity contribution in [3.63, 3.8) is 0 Å². The van der Waals surface area contributed by atoms with E-state index in [1.807, 2.05) is 37.3 Å². The zero-order valence-electron chi connectivity index (χ0n) is 12.8. The number of piperazine rings is 1. The quantitative estimate of drug-likeness (QED) is 0.873. The second kappa shape index (κ2) is 6.76. The molecule has 0 aromatic heterocycles. The van der Waals surface area contributed by atoms with Crippen LogP contribution in [0.3, 0.4) is 0 Å². The van der Waals surface area contributed by atoms with Gasteiger partial charge in [-0.15, -0.1) is 0 Å². The summed E-state index contributed by atoms with van der Waals surface area (Å²) in [4.78, 5) is 13.2. The van der Waals surface area contributed by atoms with Gasteiger partial charge in [-0.05, 0) is 12.5 Å². The maximum Gasteiger partial charge on any atom is 0.305 e. The third-order valence-electron chi connectivity index (χ3n) is 3.98. The zero-order valence-corrected chi connectivity index (χ0v) is 13.7. The highest BCUT2D eigenvalue weighted by atomic mass is 32.2. The Kier molecular flexibility index (Phi) is 5.20. The van der Waals surface area contributed by atoms with Crippen LogP contribution in [0, 0.1) is 0 Å². The molecule has 1 aromatic rings. The van der Waals surface area contributed by atoms with Gasteiger partial charge in [0, 0.05) is 31.7 Å². The average molecular weight is 326 g/mol. The van der Waals surface area contributed by atoms with E-state index in [1.54, 1.807) is 0 Å². The highest BCUT2D eigenvalue weighted by Gasteiger charge is 2.37. The lowest BCUT2D eigenvalue weighted by Gasteiger charge is -2.43. The zero-order chi connectivity index (χ0) is 16.3. The van der Waals surface area contributed by atoms with Crippen molar-refractivity contribution in [1.82, 2.24) is 9.21 Å². The van der Waals surface area contributed by atoms with Crippen molar-refractivity contribution in [2.24, 2.45) is 0 Å². The minimum Gasteiger partial charge on any atom is -0.481 e. The summed E-state index contributed by atoms with van der Waals surface area (Å²) in [5.41, 5.74) is 1.14. The Morgan fingerprint density at radius 2 is 1.91 bits per heavy atom. The lowest BCUT2D eigenvalue weighted by molar-refractivity contribution is -0.138. The number of benzene rings is 1. The first kappa shape index (κ1) is 16.9. The fourth-order valence-corrected chi connectivity index (χ4v) is 4.05. The summed E-state index contributed by atoms with van der Waals surface area (Å²) in [6, 6.07) is 9.42. The molecule has 1 heterocycles. The van der Waals surface area contributed by atoms with Crippen molar-refractivity contribution in [3.8, 4) is 0 Å². The van der Waals surface area contributed by atoms with Crippen molar-refractivity contribution < 1.29 is 18.3 Å². The van der Waals surface area contributed by atoms with E-state index >= 15 is 0 Å². The number of hydrogen-bond acceptors (Lipinski definition) is 4. The van der Waals surface area contributed by atoms with Crippen molar-refractivity contribution in [1.29, 1.82) is 0 Å². The third kappa shape index (κ3) is 4.28. The van der Waals surface area contributed by atoms with Crippen LogP contribution in [0.25, 0.3) is 0 Å². The van der Waals surface area contributed by atoms with Crippen LogP contribution in [0.15, 0.2) is 30.3 Å². The summed E-state index contributed by atoms with van der Waals surface area (Å²) in [6.45, 7) is 3.41. The molecule has 0 aliphatic carbocycles. The van der Waals surface area contributed by atoms with Gasteiger partial charge in [-0.1, -0.05) is 30.3 Å². The Morgan fingerprint density at radius 3 is 2.45 bits per heavy atom. The third-order valence-corrected chi connectivity index (χ3v) is 5.28. The molecule has 1 aliphatic heterocycles. The van der Waals surface area contributed by atoms with Gasteiger partial charge in [0.1, 0.15) is 0 Å². The van der Waals surface area contributed by atoms with Crippen LogP contribution in [0.2, 0.25) is 0 Å². The Bertz CT molecular complexity index is 618. The maximum atomic E-state index is 11.9. The van der Waals surface area contributed by atoms with Crippen LogP contribution in [-0.2, 0) is 21.4 Å². The molecule has 1 saturated heterocycles. The van der Waals surface area contributed by atoms with Gasteiger partial charge in [0.2, 0.25) is 10.0 Å². The molecule has 2 unspecified atom stereocenters. The summed E-state index contributed by atoms with van der Waals surface area (Å²) in [5, 5.41) is 9.05. The molecule has 7 heteroatoms. The van der Waals surface area contributed by atoms with E-state index in [0.29, 0.717) is 19.6 Å². The largest absolute Gasteiger partial charge is 0.481 e. The van der Waals surface area contributed by atoms with Crippen molar-refractivity contribution in [3.05, 3.63) is 35.9 Å². The molecule has 22 heavy (non-hydrogen) atoms.